The van der Waals surface area contributed by atoms with Gasteiger partial charge in [0.2, 0.25) is 0 Å². The maximum atomic E-state index is 6.25. The Bertz CT molecular complexity index is 593. The van der Waals surface area contributed by atoms with Gasteiger partial charge >= 0.3 is 0 Å². The summed E-state index contributed by atoms with van der Waals surface area (Å²) in [6, 6.07) is 16.6. The Morgan fingerprint density at radius 3 is 2.14 bits per heavy atom. The SMILES string of the molecule is ClCc1c(Cl)cccc1N1CCN(c2ccccc2)CC1. The molecule has 110 valence electrons. The van der Waals surface area contributed by atoms with Crippen molar-refractivity contribution in [2.24, 2.45) is 0 Å². The minimum Gasteiger partial charge on any atom is -0.368 e. The number of piperazine rings is 1. The summed E-state index contributed by atoms with van der Waals surface area (Å²) in [6.45, 7) is 3.99. The fraction of sp³-hybridized carbons (Fsp3) is 0.294. The highest BCUT2D eigenvalue weighted by Crippen LogP contribution is 2.30. The lowest BCUT2D eigenvalue weighted by atomic mass is 10.1. The van der Waals surface area contributed by atoms with Crippen LogP contribution in [0.4, 0.5) is 11.4 Å². The molecule has 4 heteroatoms. The molecule has 21 heavy (non-hydrogen) atoms. The van der Waals surface area contributed by atoms with Crippen LogP contribution in [-0.2, 0) is 5.88 Å². The normalized spacial score (nSPS) is 15.3. The van der Waals surface area contributed by atoms with E-state index < -0.39 is 0 Å². The van der Waals surface area contributed by atoms with Gasteiger partial charge in [0.05, 0.1) is 5.88 Å². The molecule has 1 fully saturated rings. The molecule has 1 aliphatic heterocycles. The van der Waals surface area contributed by atoms with E-state index in [9.17, 15) is 0 Å². The molecule has 0 unspecified atom stereocenters. The van der Waals surface area contributed by atoms with Crippen molar-refractivity contribution >= 4 is 34.6 Å². The van der Waals surface area contributed by atoms with Crippen molar-refractivity contribution in [3.63, 3.8) is 0 Å². The van der Waals surface area contributed by atoms with Crippen LogP contribution in [0.15, 0.2) is 48.5 Å². The van der Waals surface area contributed by atoms with Crippen LogP contribution < -0.4 is 9.80 Å². The second kappa shape index (κ2) is 6.59. The van der Waals surface area contributed by atoms with Crippen molar-refractivity contribution < 1.29 is 0 Å². The molecule has 1 saturated heterocycles. The summed E-state index contributed by atoms with van der Waals surface area (Å²) >= 11 is 12.3. The first-order valence-electron chi connectivity index (χ1n) is 7.18. The number of alkyl halides is 1. The lowest BCUT2D eigenvalue weighted by Gasteiger charge is -2.38. The summed E-state index contributed by atoms with van der Waals surface area (Å²) in [6.07, 6.45) is 0. The molecule has 0 amide bonds. The average Bonchev–Trinajstić information content (AvgIpc) is 2.55. The van der Waals surface area contributed by atoms with Gasteiger partial charge in [-0.15, -0.1) is 11.6 Å². The number of anilines is 2. The zero-order valence-electron chi connectivity index (χ0n) is 11.8. The van der Waals surface area contributed by atoms with E-state index in [1.54, 1.807) is 0 Å². The van der Waals surface area contributed by atoms with Gasteiger partial charge in [-0.05, 0) is 24.3 Å². The predicted molar refractivity (Wildman–Crippen MR) is 91.9 cm³/mol. The van der Waals surface area contributed by atoms with Gasteiger partial charge in [0.15, 0.2) is 0 Å². The van der Waals surface area contributed by atoms with Gasteiger partial charge in [-0.1, -0.05) is 35.9 Å². The van der Waals surface area contributed by atoms with Crippen molar-refractivity contribution in [3.8, 4) is 0 Å². The summed E-state index contributed by atoms with van der Waals surface area (Å²) in [5, 5.41) is 0.757. The molecular weight excluding hydrogens is 303 g/mol. The largest absolute Gasteiger partial charge is 0.368 e. The van der Waals surface area contributed by atoms with Crippen LogP contribution in [-0.4, -0.2) is 26.2 Å². The molecule has 0 aromatic heterocycles. The first-order valence-corrected chi connectivity index (χ1v) is 8.09. The Morgan fingerprint density at radius 2 is 1.48 bits per heavy atom. The van der Waals surface area contributed by atoms with E-state index >= 15 is 0 Å². The lowest BCUT2D eigenvalue weighted by molar-refractivity contribution is 0.652. The van der Waals surface area contributed by atoms with Crippen LogP contribution in [0.25, 0.3) is 0 Å². The van der Waals surface area contributed by atoms with Crippen molar-refractivity contribution in [1.29, 1.82) is 0 Å². The van der Waals surface area contributed by atoms with Gasteiger partial charge < -0.3 is 9.80 Å². The molecule has 1 aliphatic rings. The van der Waals surface area contributed by atoms with Crippen molar-refractivity contribution in [2.45, 2.75) is 5.88 Å². The minimum atomic E-state index is 0.452. The van der Waals surface area contributed by atoms with Gasteiger partial charge in [0.25, 0.3) is 0 Å². The first-order chi connectivity index (χ1) is 10.3. The topological polar surface area (TPSA) is 6.48 Å². The summed E-state index contributed by atoms with van der Waals surface area (Å²) in [5.41, 5.74) is 3.50. The van der Waals surface area contributed by atoms with Gasteiger partial charge in [-0.25, -0.2) is 0 Å². The predicted octanol–water partition coefficient (Wildman–Crippen LogP) is 4.41. The molecule has 0 radical (unpaired) electrons. The molecule has 2 nitrogen and oxygen atoms in total. The molecule has 0 aliphatic carbocycles. The van der Waals surface area contributed by atoms with Gasteiger partial charge in [-0.2, -0.15) is 0 Å². The molecular formula is C17H18Cl2N2. The fourth-order valence-corrected chi connectivity index (χ4v) is 3.41. The Hall–Kier alpha value is -1.38. The zero-order valence-corrected chi connectivity index (χ0v) is 13.3. The molecule has 0 N–H and O–H groups in total. The summed E-state index contributed by atoms with van der Waals surface area (Å²) < 4.78 is 0. The molecule has 2 aromatic rings. The van der Waals surface area contributed by atoms with Gasteiger partial charge in [-0.3, -0.25) is 0 Å². The summed E-state index contributed by atoms with van der Waals surface area (Å²) in [7, 11) is 0. The molecule has 0 saturated carbocycles. The molecule has 3 rings (SSSR count). The summed E-state index contributed by atoms with van der Waals surface area (Å²) in [5.74, 6) is 0.452. The van der Waals surface area contributed by atoms with E-state index in [1.807, 2.05) is 12.1 Å². The standard InChI is InChI=1S/C17H18Cl2N2/c18-13-15-16(19)7-4-8-17(15)21-11-9-20(10-12-21)14-5-2-1-3-6-14/h1-8H,9-13H2. The van der Waals surface area contributed by atoms with E-state index in [0.29, 0.717) is 5.88 Å². The zero-order chi connectivity index (χ0) is 14.7. The molecule has 0 spiro atoms. The number of benzene rings is 2. The minimum absolute atomic E-state index is 0.452. The second-order valence-corrected chi connectivity index (χ2v) is 5.86. The lowest BCUT2D eigenvalue weighted by Crippen LogP contribution is -2.46. The van der Waals surface area contributed by atoms with E-state index in [1.165, 1.54) is 11.4 Å². The number of nitrogens with zero attached hydrogens (tertiary/aromatic N) is 2. The van der Waals surface area contributed by atoms with Gasteiger partial charge in [0, 0.05) is 48.1 Å². The van der Waals surface area contributed by atoms with Crippen LogP contribution >= 0.6 is 23.2 Å². The third-order valence-electron chi connectivity index (χ3n) is 3.97. The maximum Gasteiger partial charge on any atom is 0.0509 e. The first kappa shape index (κ1) is 14.6. The third-order valence-corrected chi connectivity index (χ3v) is 4.59. The van der Waals surface area contributed by atoms with Crippen molar-refractivity contribution in [2.75, 3.05) is 36.0 Å². The smallest absolute Gasteiger partial charge is 0.0509 e. The number of hydrogen-bond acceptors (Lipinski definition) is 2. The highest BCUT2D eigenvalue weighted by atomic mass is 35.5. The second-order valence-electron chi connectivity index (χ2n) is 5.18. The molecule has 2 aromatic carbocycles. The van der Waals surface area contributed by atoms with Gasteiger partial charge in [0.1, 0.15) is 0 Å². The highest BCUT2D eigenvalue weighted by Gasteiger charge is 2.20. The fourth-order valence-electron chi connectivity index (χ4n) is 2.82. The van der Waals surface area contributed by atoms with Crippen LogP contribution in [0.2, 0.25) is 5.02 Å². The van der Waals surface area contributed by atoms with Crippen LogP contribution in [0.3, 0.4) is 0 Å². The number of hydrogen-bond donors (Lipinski definition) is 0. The number of halogens is 2. The number of para-hydroxylation sites is 1. The Balaban J connectivity index is 1.73. The average molecular weight is 321 g/mol. The Morgan fingerprint density at radius 1 is 0.810 bits per heavy atom. The van der Waals surface area contributed by atoms with E-state index in [4.69, 9.17) is 23.2 Å². The maximum absolute atomic E-state index is 6.25. The summed E-state index contributed by atoms with van der Waals surface area (Å²) in [4.78, 5) is 4.80. The van der Waals surface area contributed by atoms with E-state index in [-0.39, 0.29) is 0 Å². The monoisotopic (exact) mass is 320 g/mol. The van der Waals surface area contributed by atoms with Crippen LogP contribution in [0.1, 0.15) is 5.56 Å². The third kappa shape index (κ3) is 3.12. The Kier molecular flexibility index (Phi) is 4.57. The molecule has 1 heterocycles. The van der Waals surface area contributed by atoms with Crippen molar-refractivity contribution in [3.05, 3.63) is 59.1 Å². The van der Waals surface area contributed by atoms with E-state index in [0.717, 1.165) is 36.8 Å². The quantitative estimate of drug-likeness (QED) is 0.773. The van der Waals surface area contributed by atoms with E-state index in [2.05, 4.69) is 46.2 Å². The van der Waals surface area contributed by atoms with Crippen LogP contribution in [0, 0.1) is 0 Å². The molecule has 0 atom stereocenters. The number of rotatable bonds is 3. The highest BCUT2D eigenvalue weighted by molar-refractivity contribution is 6.32. The van der Waals surface area contributed by atoms with Crippen molar-refractivity contribution in [1.82, 2.24) is 0 Å². The van der Waals surface area contributed by atoms with Crippen LogP contribution in [0.5, 0.6) is 0 Å². The molecule has 0 bridgehead atoms. The Labute approximate surface area is 135 Å².